The van der Waals surface area contributed by atoms with E-state index in [0.717, 1.165) is 16.6 Å². The molecule has 1 atom stereocenters. The van der Waals surface area contributed by atoms with Crippen molar-refractivity contribution in [3.8, 4) is 0 Å². The number of hydrogen-bond donors (Lipinski definition) is 4. The number of carbonyl (C=O) groups is 2. The van der Waals surface area contributed by atoms with E-state index < -0.39 is 16.9 Å². The summed E-state index contributed by atoms with van der Waals surface area (Å²) in [5.41, 5.74) is 1.42. The first-order valence-electron chi connectivity index (χ1n) is 10.9. The number of aliphatic hydroxyl groups is 2. The highest BCUT2D eigenvalue weighted by Crippen LogP contribution is 2.15. The number of alkyl carbamates (subject to hydrolysis) is 1. The fourth-order valence-corrected chi connectivity index (χ4v) is 9.11. The number of ether oxygens (including phenoxy) is 1. The average molecular weight is 755 g/mol. The van der Waals surface area contributed by atoms with E-state index in [1.165, 1.54) is 94.3 Å². The molecule has 0 radical (unpaired) electrons. The number of thioether (sulfide) groups is 9. The summed E-state index contributed by atoms with van der Waals surface area (Å²) in [5, 5.41) is 25.0. The molecular weight excluding hydrogens is 721 g/mol. The lowest BCUT2D eigenvalue weighted by Crippen LogP contribution is -2.23. The Kier molecular flexibility index (Phi) is 35.5. The molecule has 0 fully saturated rings. The van der Waals surface area contributed by atoms with Gasteiger partial charge >= 0.3 is 6.09 Å². The van der Waals surface area contributed by atoms with Gasteiger partial charge in [-0.3, -0.25) is 14.0 Å². The van der Waals surface area contributed by atoms with Crippen molar-refractivity contribution in [1.29, 1.82) is 0 Å². The van der Waals surface area contributed by atoms with Gasteiger partial charge in [-0.15, -0.1) is 94.1 Å². The third kappa shape index (κ3) is 33.6. The first-order valence-corrected chi connectivity index (χ1v) is 22.5. The lowest BCUT2D eigenvalue weighted by Gasteiger charge is -2.05. The van der Waals surface area contributed by atoms with E-state index in [9.17, 15) is 13.8 Å². The van der Waals surface area contributed by atoms with Gasteiger partial charge in [-0.2, -0.15) is 4.89 Å². The Hall–Kier alpha value is 1.06. The van der Waals surface area contributed by atoms with Crippen LogP contribution < -0.4 is 10.6 Å². The van der Waals surface area contributed by atoms with E-state index in [4.69, 9.17) is 24.7 Å². The van der Waals surface area contributed by atoms with E-state index in [1.807, 2.05) is 0 Å². The van der Waals surface area contributed by atoms with Crippen LogP contribution in [0, 0.1) is 0 Å². The summed E-state index contributed by atoms with van der Waals surface area (Å²) in [5.74, 6) is 3.97. The van der Waals surface area contributed by atoms with Crippen molar-refractivity contribution in [3.63, 3.8) is 0 Å². The van der Waals surface area contributed by atoms with Crippen molar-refractivity contribution < 1.29 is 38.5 Å². The Bertz CT molecular complexity index is 703. The molecule has 0 aliphatic carbocycles. The zero-order valence-electron chi connectivity index (χ0n) is 21.4. The second kappa shape index (κ2) is 34.5. The van der Waals surface area contributed by atoms with Crippen LogP contribution in [0.5, 0.6) is 0 Å². The first-order chi connectivity index (χ1) is 19.6. The van der Waals surface area contributed by atoms with Crippen LogP contribution in [0.15, 0.2) is 9.98 Å². The van der Waals surface area contributed by atoms with Crippen LogP contribution in [-0.2, 0) is 25.3 Å². The maximum Gasteiger partial charge on any atom is 0.408 e. The zero-order chi connectivity index (χ0) is 29.4. The number of carbonyl (C=O) groups excluding carboxylic acids is 2. The summed E-state index contributed by atoms with van der Waals surface area (Å²) < 4.78 is 16.9. The number of hydrogen-bond acceptors (Lipinski definition) is 19. The molecule has 0 aliphatic rings. The SMILES string of the molecule is O=C(NCSCN=CS(=O)CSCCSCSC(=O)NCSCN=COOCSCSCO)OCSCSCO. The van der Waals surface area contributed by atoms with E-state index in [2.05, 4.69) is 20.6 Å². The van der Waals surface area contributed by atoms with Crippen LogP contribution in [0.3, 0.4) is 0 Å². The highest BCUT2D eigenvalue weighted by molar-refractivity contribution is 8.24. The highest BCUT2D eigenvalue weighted by atomic mass is 32.2. The smallest absolute Gasteiger partial charge is 0.408 e. The minimum atomic E-state index is -1.16. The molecule has 0 saturated heterocycles. The molecule has 40 heavy (non-hydrogen) atoms. The van der Waals surface area contributed by atoms with Crippen molar-refractivity contribution in [2.24, 2.45) is 9.98 Å². The first kappa shape index (κ1) is 41.1. The zero-order valence-corrected chi connectivity index (χ0v) is 29.5. The molecule has 234 valence electrons. The number of rotatable bonds is 28. The lowest BCUT2D eigenvalue weighted by molar-refractivity contribution is -0.196. The predicted octanol–water partition coefficient (Wildman–Crippen LogP) is 4.25. The summed E-state index contributed by atoms with van der Waals surface area (Å²) >= 11 is 12.8. The fourth-order valence-electron chi connectivity index (χ4n) is 1.58. The molecule has 0 aromatic rings. The summed E-state index contributed by atoms with van der Waals surface area (Å²) in [7, 11) is -1.16. The molecule has 0 aliphatic heterocycles. The maximum absolute atomic E-state index is 11.9. The molecule has 0 bridgehead atoms. The molecule has 12 nitrogen and oxygen atoms in total. The van der Waals surface area contributed by atoms with Gasteiger partial charge in [0.25, 0.3) is 5.24 Å². The van der Waals surface area contributed by atoms with Crippen LogP contribution in [0.2, 0.25) is 0 Å². The van der Waals surface area contributed by atoms with Crippen molar-refractivity contribution in [2.75, 3.05) is 79.1 Å². The molecular formula is C18H34N4O8S10. The quantitative estimate of drug-likeness (QED) is 0.0223. The standard InChI is InChI=1S/C18H34N4O8S10/c23-9-35-13-37-11-28-17(25)21-6-34-5-20-8-40(27)16-32-2-1-31-15-39-18(26)22-7-33-4-19-3-29-30-12-38-14-36-10-24/h3,8,23-24H,1-2,4-7,9-16H2,(H,21,25)(H,22,26). The van der Waals surface area contributed by atoms with Gasteiger partial charge in [-0.1, -0.05) is 11.8 Å². The van der Waals surface area contributed by atoms with Gasteiger partial charge in [0.05, 0.1) is 56.8 Å². The number of nitrogens with one attached hydrogen (secondary N) is 2. The molecule has 0 heterocycles. The van der Waals surface area contributed by atoms with E-state index in [-0.39, 0.29) is 23.1 Å². The number of aliphatic imine (C=N–C) groups is 2. The third-order valence-corrected chi connectivity index (χ3v) is 12.8. The van der Waals surface area contributed by atoms with E-state index >= 15 is 0 Å². The molecule has 22 heteroatoms. The maximum atomic E-state index is 11.9. The largest absolute Gasteiger partial charge is 0.438 e. The van der Waals surface area contributed by atoms with Crippen molar-refractivity contribution >= 4 is 140 Å². The van der Waals surface area contributed by atoms with Gasteiger partial charge in [-0.25, -0.2) is 9.79 Å². The molecule has 0 aromatic carbocycles. The van der Waals surface area contributed by atoms with Crippen LogP contribution >= 0.6 is 106 Å². The molecule has 0 aromatic heterocycles. The second-order valence-electron chi connectivity index (χ2n) is 5.94. The lowest BCUT2D eigenvalue weighted by atomic mass is 11.0. The highest BCUT2D eigenvalue weighted by Gasteiger charge is 2.03. The monoisotopic (exact) mass is 754 g/mol. The topological polar surface area (TPSA) is 168 Å². The van der Waals surface area contributed by atoms with Gasteiger partial charge in [0, 0.05) is 26.8 Å². The Morgan fingerprint density at radius 3 is 2.23 bits per heavy atom. The van der Waals surface area contributed by atoms with E-state index in [1.54, 1.807) is 23.5 Å². The Labute approximate surface area is 275 Å². The number of nitrogens with zero attached hydrogens (tertiary/aromatic N) is 2. The number of aliphatic hydroxyl groups excluding tert-OH is 2. The second-order valence-corrected chi connectivity index (χ2v) is 17.5. The van der Waals surface area contributed by atoms with Crippen LogP contribution in [-0.4, -0.2) is 117 Å². The molecule has 0 saturated carbocycles. The minimum absolute atomic E-state index is 0.0430. The molecule has 1 unspecified atom stereocenters. The van der Waals surface area contributed by atoms with Gasteiger partial charge in [0.15, 0.2) is 0 Å². The molecule has 4 N–H and O–H groups in total. The summed E-state index contributed by atoms with van der Waals surface area (Å²) in [6.45, 7) is 0. The summed E-state index contributed by atoms with van der Waals surface area (Å²) in [6, 6.07) is 0. The van der Waals surface area contributed by atoms with Gasteiger partial charge in [0.1, 0.15) is 11.9 Å². The summed E-state index contributed by atoms with van der Waals surface area (Å²) in [6.07, 6.45) is 0.704. The predicted molar refractivity (Wildman–Crippen MR) is 186 cm³/mol. The molecule has 0 rings (SSSR count). The van der Waals surface area contributed by atoms with E-state index in [0.29, 0.717) is 44.7 Å². The van der Waals surface area contributed by atoms with Crippen molar-refractivity contribution in [3.05, 3.63) is 0 Å². The van der Waals surface area contributed by atoms with Crippen LogP contribution in [0.25, 0.3) is 0 Å². The Balaban J connectivity index is 3.44. The third-order valence-electron chi connectivity index (χ3n) is 3.11. The van der Waals surface area contributed by atoms with Crippen LogP contribution in [0.4, 0.5) is 9.59 Å². The van der Waals surface area contributed by atoms with Gasteiger partial charge in [-0.05, 0) is 0 Å². The number of amides is 2. The Morgan fingerprint density at radius 1 is 0.800 bits per heavy atom. The Morgan fingerprint density at radius 2 is 1.48 bits per heavy atom. The minimum Gasteiger partial charge on any atom is -0.438 e. The summed E-state index contributed by atoms with van der Waals surface area (Å²) in [4.78, 5) is 40.9. The average Bonchev–Trinajstić information content (AvgIpc) is 2.94. The van der Waals surface area contributed by atoms with Gasteiger partial charge in [0.2, 0.25) is 6.40 Å². The molecule has 0 spiro atoms. The molecule has 2 amide bonds. The fraction of sp³-hybridized carbons (Fsp3) is 0.778. The van der Waals surface area contributed by atoms with Crippen LogP contribution in [0.1, 0.15) is 0 Å². The van der Waals surface area contributed by atoms with Gasteiger partial charge < -0.3 is 30.5 Å². The van der Waals surface area contributed by atoms with Crippen molar-refractivity contribution in [2.45, 2.75) is 0 Å². The normalized spacial score (nSPS) is 12.2. The van der Waals surface area contributed by atoms with Crippen molar-refractivity contribution in [1.82, 2.24) is 10.6 Å².